The van der Waals surface area contributed by atoms with Gasteiger partial charge in [-0.05, 0) is 24.8 Å². The summed E-state index contributed by atoms with van der Waals surface area (Å²) >= 11 is 0. The fraction of sp³-hybridized carbons (Fsp3) is 0.769. The molecule has 0 aromatic rings. The van der Waals surface area contributed by atoms with Gasteiger partial charge >= 0.3 is 0 Å². The van der Waals surface area contributed by atoms with Crippen LogP contribution in [0.1, 0.15) is 52.4 Å². The van der Waals surface area contributed by atoms with Crippen molar-refractivity contribution in [3.63, 3.8) is 0 Å². The Balaban J connectivity index is 4.15. The molecule has 15 heavy (non-hydrogen) atoms. The van der Waals surface area contributed by atoms with Gasteiger partial charge in [-0.3, -0.25) is 4.79 Å². The zero-order valence-corrected chi connectivity index (χ0v) is 10.3. The second-order valence-electron chi connectivity index (χ2n) is 3.83. The van der Waals surface area contributed by atoms with Crippen LogP contribution in [0.25, 0.3) is 0 Å². The Labute approximate surface area is 93.7 Å². The van der Waals surface area contributed by atoms with E-state index in [-0.39, 0.29) is 12.4 Å². The second kappa shape index (κ2) is 9.91. The monoisotopic (exact) mass is 212 g/mol. The van der Waals surface area contributed by atoms with Crippen molar-refractivity contribution in [2.45, 2.75) is 52.4 Å². The summed E-state index contributed by atoms with van der Waals surface area (Å²) < 4.78 is 4.88. The number of hydrogen-bond acceptors (Lipinski definition) is 2. The van der Waals surface area contributed by atoms with Gasteiger partial charge in [0, 0.05) is 7.11 Å². The van der Waals surface area contributed by atoms with Gasteiger partial charge in [-0.2, -0.15) is 0 Å². The number of unbranched alkanes of at least 4 members (excludes halogenated alkanes) is 3. The molecule has 0 aliphatic heterocycles. The maximum Gasteiger partial charge on any atom is 0.184 e. The first-order valence-corrected chi connectivity index (χ1v) is 5.97. The molecular formula is C13H24O2. The molecule has 0 aromatic carbocycles. The van der Waals surface area contributed by atoms with Crippen molar-refractivity contribution in [3.8, 4) is 0 Å². The van der Waals surface area contributed by atoms with Gasteiger partial charge < -0.3 is 4.74 Å². The van der Waals surface area contributed by atoms with Crippen LogP contribution in [0.2, 0.25) is 0 Å². The SMILES string of the molecule is CCCC/C=C(/CCCC)C(=O)COC. The van der Waals surface area contributed by atoms with E-state index in [2.05, 4.69) is 19.9 Å². The van der Waals surface area contributed by atoms with E-state index >= 15 is 0 Å². The highest BCUT2D eigenvalue weighted by Gasteiger charge is 2.07. The zero-order chi connectivity index (χ0) is 11.5. The molecule has 0 N–H and O–H groups in total. The first-order chi connectivity index (χ1) is 7.26. The van der Waals surface area contributed by atoms with E-state index < -0.39 is 0 Å². The lowest BCUT2D eigenvalue weighted by Gasteiger charge is -2.05. The average Bonchev–Trinajstić information content (AvgIpc) is 2.23. The van der Waals surface area contributed by atoms with Gasteiger partial charge in [0.05, 0.1) is 0 Å². The Morgan fingerprint density at radius 3 is 2.40 bits per heavy atom. The third-order valence-electron chi connectivity index (χ3n) is 2.38. The van der Waals surface area contributed by atoms with Crippen LogP contribution < -0.4 is 0 Å². The van der Waals surface area contributed by atoms with Crippen molar-refractivity contribution in [1.82, 2.24) is 0 Å². The van der Waals surface area contributed by atoms with Crippen LogP contribution in [0.4, 0.5) is 0 Å². The lowest BCUT2D eigenvalue weighted by atomic mass is 10.0. The van der Waals surface area contributed by atoms with Gasteiger partial charge in [0.15, 0.2) is 5.78 Å². The number of allylic oxidation sites excluding steroid dienone is 1. The van der Waals surface area contributed by atoms with E-state index in [1.54, 1.807) is 7.11 Å². The van der Waals surface area contributed by atoms with Crippen molar-refractivity contribution in [2.75, 3.05) is 13.7 Å². The molecule has 0 aromatic heterocycles. The Kier molecular flexibility index (Phi) is 9.49. The van der Waals surface area contributed by atoms with Gasteiger partial charge in [-0.25, -0.2) is 0 Å². The van der Waals surface area contributed by atoms with E-state index in [4.69, 9.17) is 4.74 Å². The standard InChI is InChI=1S/C13H24O2/c1-4-6-8-10-12(9-7-5-2)13(14)11-15-3/h10H,4-9,11H2,1-3H3/b12-10-. The van der Waals surface area contributed by atoms with E-state index in [9.17, 15) is 4.79 Å². The second-order valence-corrected chi connectivity index (χ2v) is 3.83. The molecule has 0 saturated heterocycles. The molecule has 0 heterocycles. The predicted molar refractivity (Wildman–Crippen MR) is 64.0 cm³/mol. The minimum Gasteiger partial charge on any atom is -0.377 e. The van der Waals surface area contributed by atoms with Gasteiger partial charge in [0.25, 0.3) is 0 Å². The summed E-state index contributed by atoms with van der Waals surface area (Å²) in [5, 5.41) is 0. The molecule has 2 heteroatoms. The van der Waals surface area contributed by atoms with Crippen molar-refractivity contribution in [3.05, 3.63) is 11.6 Å². The molecule has 0 radical (unpaired) electrons. The summed E-state index contributed by atoms with van der Waals surface area (Å²) in [6.45, 7) is 4.53. The largest absolute Gasteiger partial charge is 0.377 e. The first kappa shape index (κ1) is 14.4. The lowest BCUT2D eigenvalue weighted by molar-refractivity contribution is -0.119. The highest BCUT2D eigenvalue weighted by molar-refractivity contribution is 5.96. The summed E-state index contributed by atoms with van der Waals surface area (Å²) in [4.78, 5) is 11.7. The van der Waals surface area contributed by atoms with Crippen LogP contribution in [0.15, 0.2) is 11.6 Å². The lowest BCUT2D eigenvalue weighted by Crippen LogP contribution is -2.10. The molecule has 0 bridgehead atoms. The molecule has 0 spiro atoms. The van der Waals surface area contributed by atoms with Crippen LogP contribution in [-0.4, -0.2) is 19.5 Å². The number of Topliss-reactive ketones (excluding diaryl/α,β-unsaturated/α-hetero) is 1. The normalized spacial score (nSPS) is 11.8. The highest BCUT2D eigenvalue weighted by atomic mass is 16.5. The van der Waals surface area contributed by atoms with Crippen LogP contribution in [0, 0.1) is 0 Å². The van der Waals surface area contributed by atoms with Crippen molar-refractivity contribution in [2.24, 2.45) is 0 Å². The molecule has 0 saturated carbocycles. The van der Waals surface area contributed by atoms with Crippen molar-refractivity contribution in [1.29, 1.82) is 0 Å². The highest BCUT2D eigenvalue weighted by Crippen LogP contribution is 2.11. The molecule has 0 unspecified atom stereocenters. The number of methoxy groups -OCH3 is 1. The predicted octanol–water partition coefficient (Wildman–Crippen LogP) is 3.51. The van der Waals surface area contributed by atoms with Gasteiger partial charge in [0.2, 0.25) is 0 Å². The van der Waals surface area contributed by atoms with Crippen LogP contribution >= 0.6 is 0 Å². The molecule has 0 amide bonds. The first-order valence-electron chi connectivity index (χ1n) is 5.97. The van der Waals surface area contributed by atoms with E-state index in [1.165, 1.54) is 6.42 Å². The van der Waals surface area contributed by atoms with Crippen LogP contribution in [0.5, 0.6) is 0 Å². The smallest absolute Gasteiger partial charge is 0.184 e. The number of ketones is 1. The summed E-state index contributed by atoms with van der Waals surface area (Å²) in [6.07, 6.45) is 8.58. The third-order valence-corrected chi connectivity index (χ3v) is 2.38. The Bertz CT molecular complexity index is 195. The Hall–Kier alpha value is -0.630. The maximum atomic E-state index is 11.7. The summed E-state index contributed by atoms with van der Waals surface area (Å²) in [7, 11) is 1.57. The molecule has 88 valence electrons. The van der Waals surface area contributed by atoms with E-state index in [1.807, 2.05) is 0 Å². The average molecular weight is 212 g/mol. The molecule has 0 rings (SSSR count). The summed E-state index contributed by atoms with van der Waals surface area (Å²) in [5.41, 5.74) is 0.965. The number of rotatable bonds is 9. The zero-order valence-electron chi connectivity index (χ0n) is 10.3. The van der Waals surface area contributed by atoms with Gasteiger partial charge in [-0.1, -0.05) is 39.2 Å². The fourth-order valence-corrected chi connectivity index (χ4v) is 1.43. The minimum atomic E-state index is 0.155. The molecule has 0 fully saturated rings. The van der Waals surface area contributed by atoms with Gasteiger partial charge in [0.1, 0.15) is 6.61 Å². The molecule has 2 nitrogen and oxygen atoms in total. The maximum absolute atomic E-state index is 11.7. The van der Waals surface area contributed by atoms with Crippen molar-refractivity contribution >= 4 is 5.78 Å². The molecule has 0 aliphatic rings. The molecule has 0 aliphatic carbocycles. The van der Waals surface area contributed by atoms with Crippen molar-refractivity contribution < 1.29 is 9.53 Å². The van der Waals surface area contributed by atoms with Crippen LogP contribution in [0.3, 0.4) is 0 Å². The van der Waals surface area contributed by atoms with E-state index in [0.29, 0.717) is 0 Å². The van der Waals surface area contributed by atoms with E-state index in [0.717, 1.165) is 37.7 Å². The van der Waals surface area contributed by atoms with Gasteiger partial charge in [-0.15, -0.1) is 0 Å². The number of carbonyl (C=O) groups is 1. The minimum absolute atomic E-state index is 0.155. The number of ether oxygens (including phenoxy) is 1. The summed E-state index contributed by atoms with van der Waals surface area (Å²) in [6, 6.07) is 0. The molecule has 0 atom stereocenters. The summed E-state index contributed by atoms with van der Waals surface area (Å²) in [5.74, 6) is 0.155. The Morgan fingerprint density at radius 2 is 1.87 bits per heavy atom. The fourth-order valence-electron chi connectivity index (χ4n) is 1.43. The Morgan fingerprint density at radius 1 is 1.20 bits per heavy atom. The number of carbonyl (C=O) groups excluding carboxylic acids is 1. The number of hydrogen-bond donors (Lipinski definition) is 0. The molecular weight excluding hydrogens is 188 g/mol. The quantitative estimate of drug-likeness (QED) is 0.432. The topological polar surface area (TPSA) is 26.3 Å². The van der Waals surface area contributed by atoms with Crippen LogP contribution in [-0.2, 0) is 9.53 Å². The third kappa shape index (κ3) is 7.32.